The molecule has 2 N–H and O–H groups in total. The first-order chi connectivity index (χ1) is 18.5. The van der Waals surface area contributed by atoms with E-state index in [0.29, 0.717) is 40.6 Å². The number of pyridine rings is 1. The van der Waals surface area contributed by atoms with Crippen molar-refractivity contribution in [3.63, 3.8) is 0 Å². The van der Waals surface area contributed by atoms with E-state index in [1.54, 1.807) is 49.5 Å². The van der Waals surface area contributed by atoms with Gasteiger partial charge in [-0.15, -0.1) is 0 Å². The molecule has 11 heteroatoms. The fourth-order valence-electron chi connectivity index (χ4n) is 4.81. The Balaban J connectivity index is 1.41. The maximum atomic E-state index is 13.0. The van der Waals surface area contributed by atoms with Crippen LogP contribution >= 0.6 is 0 Å². The SMILES string of the molecule is CCS(=O)(=O)c1ccc(C(CO)NC(=O)c2ccc3c(OCC4CCC(C(F)(F)F)CC4)nccc3c2)cc1. The summed E-state index contributed by atoms with van der Waals surface area (Å²) in [5.41, 5.74) is 0.902. The van der Waals surface area contributed by atoms with Gasteiger partial charge in [0.25, 0.3) is 5.91 Å². The molecule has 0 radical (unpaired) electrons. The summed E-state index contributed by atoms with van der Waals surface area (Å²) in [6.07, 6.45) is -1.49. The van der Waals surface area contributed by atoms with Gasteiger partial charge in [0.2, 0.25) is 5.88 Å². The molecule has 1 unspecified atom stereocenters. The third kappa shape index (κ3) is 6.88. The fourth-order valence-corrected chi connectivity index (χ4v) is 5.69. The van der Waals surface area contributed by atoms with Crippen LogP contribution in [0.2, 0.25) is 0 Å². The Morgan fingerprint density at radius 1 is 1.10 bits per heavy atom. The third-order valence-corrected chi connectivity index (χ3v) is 9.02. The van der Waals surface area contributed by atoms with Crippen LogP contribution in [-0.2, 0) is 9.84 Å². The summed E-state index contributed by atoms with van der Waals surface area (Å²) >= 11 is 0. The van der Waals surface area contributed by atoms with Crippen LogP contribution in [0.3, 0.4) is 0 Å². The van der Waals surface area contributed by atoms with E-state index in [1.807, 2.05) is 0 Å². The van der Waals surface area contributed by atoms with E-state index in [0.717, 1.165) is 0 Å². The van der Waals surface area contributed by atoms with Crippen molar-refractivity contribution in [1.82, 2.24) is 10.3 Å². The highest BCUT2D eigenvalue weighted by molar-refractivity contribution is 7.91. The van der Waals surface area contributed by atoms with Crippen LogP contribution in [0.5, 0.6) is 5.88 Å². The van der Waals surface area contributed by atoms with Gasteiger partial charge in [-0.2, -0.15) is 13.2 Å². The number of aliphatic hydroxyl groups excluding tert-OH is 1. The second-order valence-electron chi connectivity index (χ2n) is 9.80. The largest absolute Gasteiger partial charge is 0.477 e. The number of rotatable bonds is 9. The van der Waals surface area contributed by atoms with Crippen LogP contribution in [0.25, 0.3) is 10.8 Å². The second kappa shape index (κ2) is 11.9. The number of nitrogens with one attached hydrogen (secondary N) is 1. The molecule has 0 saturated heterocycles. The molecule has 0 bridgehead atoms. The molecule has 1 amide bonds. The molecule has 1 aliphatic rings. The second-order valence-corrected chi connectivity index (χ2v) is 12.1. The number of carbonyl (C=O) groups is 1. The molecule has 210 valence electrons. The van der Waals surface area contributed by atoms with E-state index in [1.165, 1.54) is 12.1 Å². The van der Waals surface area contributed by atoms with Crippen molar-refractivity contribution in [3.05, 3.63) is 65.9 Å². The number of aromatic nitrogens is 1. The number of fused-ring (bicyclic) bond motifs is 1. The highest BCUT2D eigenvalue weighted by atomic mass is 32.2. The number of nitrogens with zero attached hydrogens (tertiary/aromatic N) is 1. The molecule has 1 saturated carbocycles. The van der Waals surface area contributed by atoms with E-state index in [9.17, 15) is 31.5 Å². The van der Waals surface area contributed by atoms with Gasteiger partial charge in [0, 0.05) is 17.1 Å². The van der Waals surface area contributed by atoms with Crippen LogP contribution in [0, 0.1) is 11.8 Å². The molecule has 2 aromatic carbocycles. The van der Waals surface area contributed by atoms with Gasteiger partial charge in [-0.3, -0.25) is 4.79 Å². The highest BCUT2D eigenvalue weighted by Gasteiger charge is 2.41. The Kier molecular flexibility index (Phi) is 8.80. The lowest BCUT2D eigenvalue weighted by molar-refractivity contribution is -0.184. The lowest BCUT2D eigenvalue weighted by Crippen LogP contribution is -2.30. The van der Waals surface area contributed by atoms with Gasteiger partial charge in [-0.25, -0.2) is 13.4 Å². The first-order valence-corrected chi connectivity index (χ1v) is 14.5. The molecule has 1 atom stereocenters. The lowest BCUT2D eigenvalue weighted by Gasteiger charge is -2.29. The molecule has 39 heavy (non-hydrogen) atoms. The van der Waals surface area contributed by atoms with Gasteiger partial charge < -0.3 is 15.2 Å². The Morgan fingerprint density at radius 3 is 2.41 bits per heavy atom. The molecular formula is C28H31F3N2O5S. The number of sulfone groups is 1. The van der Waals surface area contributed by atoms with Gasteiger partial charge in [0.1, 0.15) is 0 Å². The Morgan fingerprint density at radius 2 is 1.79 bits per heavy atom. The summed E-state index contributed by atoms with van der Waals surface area (Å²) in [6, 6.07) is 12.0. The third-order valence-electron chi connectivity index (χ3n) is 7.26. The molecule has 1 heterocycles. The number of hydrogen-bond acceptors (Lipinski definition) is 6. The van der Waals surface area contributed by atoms with Crippen LogP contribution < -0.4 is 10.1 Å². The summed E-state index contributed by atoms with van der Waals surface area (Å²) in [4.78, 5) is 17.4. The van der Waals surface area contributed by atoms with Crippen LogP contribution in [0.1, 0.15) is 54.6 Å². The average Bonchev–Trinajstić information content (AvgIpc) is 2.94. The van der Waals surface area contributed by atoms with Gasteiger partial charge in [-0.05, 0) is 78.9 Å². The number of benzene rings is 2. The van der Waals surface area contributed by atoms with E-state index in [2.05, 4.69) is 10.3 Å². The minimum atomic E-state index is -4.15. The molecule has 0 aliphatic heterocycles. The van der Waals surface area contributed by atoms with E-state index in [4.69, 9.17) is 4.74 Å². The van der Waals surface area contributed by atoms with Gasteiger partial charge in [0.15, 0.2) is 9.84 Å². The number of ether oxygens (including phenoxy) is 1. The minimum Gasteiger partial charge on any atom is -0.477 e. The van der Waals surface area contributed by atoms with Gasteiger partial charge in [0.05, 0.1) is 35.8 Å². The molecule has 1 aliphatic carbocycles. The van der Waals surface area contributed by atoms with E-state index in [-0.39, 0.29) is 42.6 Å². The lowest BCUT2D eigenvalue weighted by atomic mass is 9.82. The van der Waals surface area contributed by atoms with Crippen molar-refractivity contribution in [2.45, 2.75) is 49.7 Å². The van der Waals surface area contributed by atoms with Crippen LogP contribution in [0.15, 0.2) is 59.6 Å². The summed E-state index contributed by atoms with van der Waals surface area (Å²) in [7, 11) is -3.36. The molecule has 7 nitrogen and oxygen atoms in total. The summed E-state index contributed by atoms with van der Waals surface area (Å²) in [5, 5.41) is 14.0. The average molecular weight is 565 g/mol. The van der Waals surface area contributed by atoms with Gasteiger partial charge >= 0.3 is 6.18 Å². The quantitative estimate of drug-likeness (QED) is 0.368. The smallest absolute Gasteiger partial charge is 0.391 e. The van der Waals surface area contributed by atoms with Crippen LogP contribution in [-0.4, -0.2) is 49.6 Å². The monoisotopic (exact) mass is 564 g/mol. The topological polar surface area (TPSA) is 106 Å². The fraction of sp³-hybridized carbons (Fsp3) is 0.429. The number of alkyl halides is 3. The van der Waals surface area contributed by atoms with Crippen LogP contribution in [0.4, 0.5) is 13.2 Å². The normalized spacial score (nSPS) is 19.0. The number of halogens is 3. The highest BCUT2D eigenvalue weighted by Crippen LogP contribution is 2.39. The number of aliphatic hydroxyl groups is 1. The van der Waals surface area contributed by atoms with Crippen molar-refractivity contribution in [2.75, 3.05) is 19.0 Å². The maximum absolute atomic E-state index is 13.0. The van der Waals surface area contributed by atoms with Gasteiger partial charge in [-0.1, -0.05) is 19.1 Å². The standard InChI is InChI=1S/C28H31F3N2O5S/c1-2-39(36,37)23-10-5-19(6-11-23)25(16-34)33-26(35)21-7-12-24-20(15-21)13-14-32-27(24)38-17-18-3-8-22(9-4-18)28(29,30)31/h5-7,10-15,18,22,25,34H,2-4,8-9,16-17H2,1H3,(H,33,35). The van der Waals surface area contributed by atoms with Crippen molar-refractivity contribution in [1.29, 1.82) is 0 Å². The zero-order chi connectivity index (χ0) is 28.2. The van der Waals surface area contributed by atoms with Crippen molar-refractivity contribution < 1.29 is 36.2 Å². The Bertz CT molecular complexity index is 1400. The molecule has 3 aromatic rings. The first-order valence-electron chi connectivity index (χ1n) is 12.8. The Labute approximate surface area is 225 Å². The predicted octanol–water partition coefficient (Wildman–Crippen LogP) is 5.24. The zero-order valence-electron chi connectivity index (χ0n) is 21.4. The number of hydrogen-bond donors (Lipinski definition) is 2. The molecular weight excluding hydrogens is 533 g/mol. The predicted molar refractivity (Wildman–Crippen MR) is 140 cm³/mol. The van der Waals surface area contributed by atoms with E-state index >= 15 is 0 Å². The molecule has 4 rings (SSSR count). The maximum Gasteiger partial charge on any atom is 0.391 e. The first kappa shape index (κ1) is 28.8. The van der Waals surface area contributed by atoms with Crippen molar-refractivity contribution in [2.24, 2.45) is 11.8 Å². The summed E-state index contributed by atoms with van der Waals surface area (Å²) in [6.45, 7) is 1.45. The summed E-state index contributed by atoms with van der Waals surface area (Å²) in [5.74, 6) is -1.32. The number of amides is 1. The van der Waals surface area contributed by atoms with Crippen molar-refractivity contribution >= 4 is 26.5 Å². The molecule has 0 spiro atoms. The number of carbonyl (C=O) groups excluding carboxylic acids is 1. The molecule has 1 fully saturated rings. The van der Waals surface area contributed by atoms with E-state index < -0.39 is 33.9 Å². The summed E-state index contributed by atoms with van der Waals surface area (Å²) < 4.78 is 68.7. The minimum absolute atomic E-state index is 0.0252. The zero-order valence-corrected chi connectivity index (χ0v) is 22.3. The molecule has 1 aromatic heterocycles. The Hall–Kier alpha value is -3.18. The van der Waals surface area contributed by atoms with Crippen molar-refractivity contribution in [3.8, 4) is 5.88 Å².